The lowest BCUT2D eigenvalue weighted by Crippen LogP contribution is -2.47. The van der Waals surface area contributed by atoms with Gasteiger partial charge in [-0.1, -0.05) is 34.6 Å². The summed E-state index contributed by atoms with van der Waals surface area (Å²) in [5.41, 5.74) is 0. The van der Waals surface area contributed by atoms with E-state index < -0.39 is 0 Å². The van der Waals surface area contributed by atoms with E-state index in [1.807, 2.05) is 0 Å². The maximum absolute atomic E-state index is 3.60. The Balaban J connectivity index is 2.42. The van der Waals surface area contributed by atoms with Crippen molar-refractivity contribution in [2.24, 2.45) is 11.8 Å². The van der Waals surface area contributed by atoms with Crippen LogP contribution in [0.3, 0.4) is 0 Å². The molecule has 0 aromatic carbocycles. The van der Waals surface area contributed by atoms with Gasteiger partial charge in [0, 0.05) is 18.6 Å². The minimum Gasteiger partial charge on any atom is -0.314 e. The van der Waals surface area contributed by atoms with Gasteiger partial charge in [-0.3, -0.25) is 4.90 Å². The van der Waals surface area contributed by atoms with E-state index in [9.17, 15) is 0 Å². The third kappa shape index (κ3) is 4.97. The minimum absolute atomic E-state index is 0.623. The van der Waals surface area contributed by atoms with Crippen LogP contribution in [0.15, 0.2) is 0 Å². The van der Waals surface area contributed by atoms with Crippen molar-refractivity contribution in [3.05, 3.63) is 0 Å². The standard InChI is InChI=1S/C15H32N2/c1-6-15(12(2)3)17-9-7-8-14(11-17)10-16-13(4)5/h12-16H,6-11H2,1-5H3. The number of hydrogen-bond donors (Lipinski definition) is 1. The Kier molecular flexibility index (Phi) is 6.50. The zero-order valence-electron chi connectivity index (χ0n) is 12.5. The van der Waals surface area contributed by atoms with Crippen molar-refractivity contribution in [1.82, 2.24) is 10.2 Å². The van der Waals surface area contributed by atoms with E-state index in [-0.39, 0.29) is 0 Å². The molecule has 1 rings (SSSR count). The zero-order valence-corrected chi connectivity index (χ0v) is 12.5. The molecule has 0 aromatic heterocycles. The Morgan fingerprint density at radius 3 is 2.47 bits per heavy atom. The van der Waals surface area contributed by atoms with Crippen LogP contribution in [0.25, 0.3) is 0 Å². The minimum atomic E-state index is 0.623. The lowest BCUT2D eigenvalue weighted by molar-refractivity contribution is 0.0918. The molecule has 1 N–H and O–H groups in total. The van der Waals surface area contributed by atoms with Crippen LogP contribution in [0, 0.1) is 11.8 Å². The molecular weight excluding hydrogens is 208 g/mol. The predicted molar refractivity (Wildman–Crippen MR) is 76.4 cm³/mol. The molecule has 1 aliphatic heterocycles. The van der Waals surface area contributed by atoms with Gasteiger partial charge in [-0.05, 0) is 44.2 Å². The first-order chi connectivity index (χ1) is 8.04. The highest BCUT2D eigenvalue weighted by atomic mass is 15.2. The molecule has 0 bridgehead atoms. The topological polar surface area (TPSA) is 15.3 Å². The summed E-state index contributed by atoms with van der Waals surface area (Å²) in [7, 11) is 0. The molecule has 0 radical (unpaired) electrons. The van der Waals surface area contributed by atoms with E-state index >= 15 is 0 Å². The molecule has 102 valence electrons. The van der Waals surface area contributed by atoms with Gasteiger partial charge in [-0.25, -0.2) is 0 Å². The van der Waals surface area contributed by atoms with Crippen molar-refractivity contribution in [3.8, 4) is 0 Å². The fourth-order valence-electron chi connectivity index (χ4n) is 3.12. The number of nitrogens with one attached hydrogen (secondary N) is 1. The second kappa shape index (κ2) is 7.38. The Labute approximate surface area is 108 Å². The number of nitrogens with zero attached hydrogens (tertiary/aromatic N) is 1. The molecule has 1 heterocycles. The summed E-state index contributed by atoms with van der Waals surface area (Å²) in [6.45, 7) is 15.4. The summed E-state index contributed by atoms with van der Waals surface area (Å²) in [6, 6.07) is 1.41. The van der Waals surface area contributed by atoms with E-state index in [0.29, 0.717) is 6.04 Å². The number of piperidine rings is 1. The summed E-state index contributed by atoms with van der Waals surface area (Å²) in [6.07, 6.45) is 4.08. The third-order valence-corrected chi connectivity index (χ3v) is 4.02. The summed E-state index contributed by atoms with van der Waals surface area (Å²) in [5.74, 6) is 1.65. The van der Waals surface area contributed by atoms with Gasteiger partial charge in [-0.15, -0.1) is 0 Å². The Bertz CT molecular complexity index is 201. The zero-order chi connectivity index (χ0) is 12.8. The monoisotopic (exact) mass is 240 g/mol. The molecule has 17 heavy (non-hydrogen) atoms. The highest BCUT2D eigenvalue weighted by Gasteiger charge is 2.26. The number of rotatable bonds is 6. The number of hydrogen-bond acceptors (Lipinski definition) is 2. The van der Waals surface area contributed by atoms with Crippen molar-refractivity contribution in [1.29, 1.82) is 0 Å². The molecule has 2 unspecified atom stereocenters. The molecule has 1 aliphatic rings. The van der Waals surface area contributed by atoms with E-state index in [1.54, 1.807) is 0 Å². The second-order valence-electron chi connectivity index (χ2n) is 6.29. The van der Waals surface area contributed by atoms with Crippen LogP contribution in [0.1, 0.15) is 53.9 Å². The summed E-state index contributed by atoms with van der Waals surface area (Å²) in [5, 5.41) is 3.60. The van der Waals surface area contributed by atoms with Crippen LogP contribution < -0.4 is 5.32 Å². The highest BCUT2D eigenvalue weighted by Crippen LogP contribution is 2.23. The molecule has 0 spiro atoms. The maximum atomic E-state index is 3.60. The van der Waals surface area contributed by atoms with Crippen LogP contribution in [-0.2, 0) is 0 Å². The summed E-state index contributed by atoms with van der Waals surface area (Å²) in [4.78, 5) is 2.74. The molecule has 2 nitrogen and oxygen atoms in total. The van der Waals surface area contributed by atoms with Gasteiger partial charge in [0.2, 0.25) is 0 Å². The van der Waals surface area contributed by atoms with Crippen LogP contribution in [0.4, 0.5) is 0 Å². The first kappa shape index (κ1) is 15.0. The average molecular weight is 240 g/mol. The molecule has 0 aliphatic carbocycles. The highest BCUT2D eigenvalue weighted by molar-refractivity contribution is 4.81. The normalized spacial score (nSPS) is 24.5. The van der Waals surface area contributed by atoms with Crippen LogP contribution >= 0.6 is 0 Å². The molecule has 2 atom stereocenters. The Hall–Kier alpha value is -0.0800. The lowest BCUT2D eigenvalue weighted by Gasteiger charge is -2.40. The van der Waals surface area contributed by atoms with Gasteiger partial charge < -0.3 is 5.32 Å². The van der Waals surface area contributed by atoms with Crippen molar-refractivity contribution in [3.63, 3.8) is 0 Å². The molecule has 0 amide bonds. The van der Waals surface area contributed by atoms with Crippen molar-refractivity contribution in [2.45, 2.75) is 66.0 Å². The third-order valence-electron chi connectivity index (χ3n) is 4.02. The molecule has 2 heteroatoms. The SMILES string of the molecule is CCC(C(C)C)N1CCCC(CNC(C)C)C1. The van der Waals surface area contributed by atoms with Crippen LogP contribution in [0.5, 0.6) is 0 Å². The Morgan fingerprint density at radius 2 is 1.94 bits per heavy atom. The van der Waals surface area contributed by atoms with Gasteiger partial charge >= 0.3 is 0 Å². The smallest absolute Gasteiger partial charge is 0.0116 e. The predicted octanol–water partition coefficient (Wildman–Crippen LogP) is 3.13. The van der Waals surface area contributed by atoms with Crippen molar-refractivity contribution in [2.75, 3.05) is 19.6 Å². The van der Waals surface area contributed by atoms with E-state index in [4.69, 9.17) is 0 Å². The molecule has 0 aromatic rings. The molecular formula is C15H32N2. The lowest BCUT2D eigenvalue weighted by atomic mass is 9.92. The fraction of sp³-hybridized carbons (Fsp3) is 1.00. The largest absolute Gasteiger partial charge is 0.314 e. The first-order valence-electron chi connectivity index (χ1n) is 7.52. The van der Waals surface area contributed by atoms with E-state index in [2.05, 4.69) is 44.8 Å². The van der Waals surface area contributed by atoms with Gasteiger partial charge in [0.05, 0.1) is 0 Å². The van der Waals surface area contributed by atoms with Crippen molar-refractivity contribution < 1.29 is 0 Å². The molecule has 1 saturated heterocycles. The van der Waals surface area contributed by atoms with E-state index in [0.717, 1.165) is 17.9 Å². The average Bonchev–Trinajstić information content (AvgIpc) is 2.27. The number of likely N-dealkylation sites (tertiary alicyclic amines) is 1. The van der Waals surface area contributed by atoms with Crippen LogP contribution in [-0.4, -0.2) is 36.6 Å². The summed E-state index contributed by atoms with van der Waals surface area (Å²) >= 11 is 0. The molecule has 1 fully saturated rings. The molecule has 0 saturated carbocycles. The van der Waals surface area contributed by atoms with Gasteiger partial charge in [0.1, 0.15) is 0 Å². The van der Waals surface area contributed by atoms with Gasteiger partial charge in [0.25, 0.3) is 0 Å². The Morgan fingerprint density at radius 1 is 1.24 bits per heavy atom. The van der Waals surface area contributed by atoms with E-state index in [1.165, 1.54) is 38.9 Å². The maximum Gasteiger partial charge on any atom is 0.0116 e. The second-order valence-corrected chi connectivity index (χ2v) is 6.29. The van der Waals surface area contributed by atoms with Gasteiger partial charge in [-0.2, -0.15) is 0 Å². The first-order valence-corrected chi connectivity index (χ1v) is 7.52. The van der Waals surface area contributed by atoms with Crippen molar-refractivity contribution >= 4 is 0 Å². The fourth-order valence-corrected chi connectivity index (χ4v) is 3.12. The van der Waals surface area contributed by atoms with Gasteiger partial charge in [0.15, 0.2) is 0 Å². The summed E-state index contributed by atoms with van der Waals surface area (Å²) < 4.78 is 0. The quantitative estimate of drug-likeness (QED) is 0.767. The van der Waals surface area contributed by atoms with Crippen LogP contribution in [0.2, 0.25) is 0 Å².